The predicted molar refractivity (Wildman–Crippen MR) is 124 cm³/mol. The maximum absolute atomic E-state index is 12.8. The van der Waals surface area contributed by atoms with Crippen molar-refractivity contribution in [1.29, 1.82) is 0 Å². The highest BCUT2D eigenvalue weighted by atomic mass is 32.2. The number of hydrogen-bond donors (Lipinski definition) is 1. The molecular weight excluding hydrogens is 408 g/mol. The number of benzene rings is 3. The van der Waals surface area contributed by atoms with Crippen molar-refractivity contribution in [2.24, 2.45) is 0 Å². The number of thioether (sulfide) groups is 1. The number of anilines is 1. The number of rotatable bonds is 6. The summed E-state index contributed by atoms with van der Waals surface area (Å²) in [4.78, 5) is 28.3. The van der Waals surface area contributed by atoms with Gasteiger partial charge in [-0.15, -0.1) is 11.8 Å². The van der Waals surface area contributed by atoms with E-state index in [2.05, 4.69) is 11.4 Å². The average molecular weight is 433 g/mol. The van der Waals surface area contributed by atoms with E-state index < -0.39 is 0 Å². The lowest BCUT2D eigenvalue weighted by Crippen LogP contribution is -2.35. The standard InChI is InChI=1S/C25H24N2O3S/c1-17-6-5-7-18(12-17)15-27-21-13-19(10-11-23(21)31-16-24(27)28)25(29)26-14-20-8-3-4-9-22(20)30-2/h3-13H,14-16H2,1-2H3,(H,26,29). The molecular formula is C25H24N2O3S. The molecule has 0 saturated heterocycles. The van der Waals surface area contributed by atoms with Gasteiger partial charge in [0.15, 0.2) is 0 Å². The van der Waals surface area contributed by atoms with Crippen molar-refractivity contribution in [3.63, 3.8) is 0 Å². The number of hydrogen-bond acceptors (Lipinski definition) is 4. The van der Waals surface area contributed by atoms with Crippen LogP contribution in [0.15, 0.2) is 71.6 Å². The Bertz CT molecular complexity index is 1130. The normalized spacial score (nSPS) is 13.0. The Hall–Kier alpha value is -3.25. The first kappa shape index (κ1) is 21.0. The van der Waals surface area contributed by atoms with Gasteiger partial charge < -0.3 is 15.0 Å². The van der Waals surface area contributed by atoms with Crippen molar-refractivity contribution in [2.75, 3.05) is 17.8 Å². The number of aryl methyl sites for hydroxylation is 1. The molecule has 0 unspecified atom stereocenters. The molecule has 0 radical (unpaired) electrons. The van der Waals surface area contributed by atoms with Crippen molar-refractivity contribution in [3.05, 3.63) is 89.0 Å². The van der Waals surface area contributed by atoms with Crippen molar-refractivity contribution in [3.8, 4) is 5.75 Å². The lowest BCUT2D eigenvalue weighted by Gasteiger charge is -2.29. The summed E-state index contributed by atoms with van der Waals surface area (Å²) < 4.78 is 5.35. The first-order valence-corrected chi connectivity index (χ1v) is 11.1. The van der Waals surface area contributed by atoms with Gasteiger partial charge in [0, 0.05) is 22.6 Å². The fourth-order valence-electron chi connectivity index (χ4n) is 3.64. The summed E-state index contributed by atoms with van der Waals surface area (Å²) in [6.07, 6.45) is 0. The quantitative estimate of drug-likeness (QED) is 0.620. The lowest BCUT2D eigenvalue weighted by molar-refractivity contribution is -0.116. The Morgan fingerprint density at radius 3 is 2.74 bits per heavy atom. The summed E-state index contributed by atoms with van der Waals surface area (Å²) in [6.45, 7) is 2.89. The van der Waals surface area contributed by atoms with E-state index in [0.717, 1.165) is 33.0 Å². The van der Waals surface area contributed by atoms with Crippen LogP contribution in [0.5, 0.6) is 5.75 Å². The molecule has 0 aromatic heterocycles. The minimum Gasteiger partial charge on any atom is -0.496 e. The maximum Gasteiger partial charge on any atom is 0.251 e. The number of carbonyl (C=O) groups excluding carboxylic acids is 2. The number of ether oxygens (including phenoxy) is 1. The van der Waals surface area contributed by atoms with E-state index in [1.165, 1.54) is 11.8 Å². The monoisotopic (exact) mass is 432 g/mol. The van der Waals surface area contributed by atoms with Crippen LogP contribution in [0, 0.1) is 6.92 Å². The Kier molecular flexibility index (Phi) is 6.28. The SMILES string of the molecule is COc1ccccc1CNC(=O)c1ccc2c(c1)N(Cc1cccc(C)c1)C(=O)CS2. The van der Waals surface area contributed by atoms with Crippen LogP contribution in [-0.4, -0.2) is 24.7 Å². The van der Waals surface area contributed by atoms with Crippen LogP contribution in [-0.2, 0) is 17.9 Å². The second kappa shape index (κ2) is 9.27. The fourth-order valence-corrected chi connectivity index (χ4v) is 4.55. The van der Waals surface area contributed by atoms with Gasteiger partial charge >= 0.3 is 0 Å². The molecule has 3 aromatic carbocycles. The minimum atomic E-state index is -0.188. The van der Waals surface area contributed by atoms with E-state index >= 15 is 0 Å². The largest absolute Gasteiger partial charge is 0.496 e. The van der Waals surface area contributed by atoms with E-state index in [4.69, 9.17) is 4.74 Å². The molecule has 2 amide bonds. The van der Waals surface area contributed by atoms with Gasteiger partial charge in [-0.05, 0) is 36.8 Å². The molecule has 0 saturated carbocycles. The van der Waals surface area contributed by atoms with Gasteiger partial charge in [0.2, 0.25) is 5.91 Å². The molecule has 0 fully saturated rings. The summed E-state index contributed by atoms with van der Waals surface area (Å²) in [6, 6.07) is 21.3. The first-order valence-electron chi connectivity index (χ1n) is 10.1. The summed E-state index contributed by atoms with van der Waals surface area (Å²) in [5.74, 6) is 0.996. The van der Waals surface area contributed by atoms with E-state index in [1.807, 2.05) is 67.6 Å². The molecule has 3 aromatic rings. The van der Waals surface area contributed by atoms with Crippen molar-refractivity contribution < 1.29 is 14.3 Å². The third-order valence-corrected chi connectivity index (χ3v) is 6.27. The zero-order valence-electron chi connectivity index (χ0n) is 17.6. The number of amides is 2. The smallest absolute Gasteiger partial charge is 0.251 e. The van der Waals surface area contributed by atoms with Crippen LogP contribution in [0.25, 0.3) is 0 Å². The highest BCUT2D eigenvalue weighted by Gasteiger charge is 2.26. The molecule has 4 rings (SSSR count). The molecule has 158 valence electrons. The van der Waals surface area contributed by atoms with Crippen molar-refractivity contribution >= 4 is 29.3 Å². The van der Waals surface area contributed by atoms with Crippen molar-refractivity contribution in [1.82, 2.24) is 5.32 Å². The van der Waals surface area contributed by atoms with Crippen LogP contribution in [0.2, 0.25) is 0 Å². The van der Waals surface area contributed by atoms with E-state index in [0.29, 0.717) is 24.4 Å². The van der Waals surface area contributed by atoms with Gasteiger partial charge in [-0.25, -0.2) is 0 Å². The predicted octanol–water partition coefficient (Wildman–Crippen LogP) is 4.57. The summed E-state index contributed by atoms with van der Waals surface area (Å²) in [5, 5.41) is 2.95. The zero-order chi connectivity index (χ0) is 21.8. The highest BCUT2D eigenvalue weighted by molar-refractivity contribution is 8.00. The third-order valence-electron chi connectivity index (χ3n) is 5.22. The van der Waals surface area contributed by atoms with E-state index in [9.17, 15) is 9.59 Å². The molecule has 1 N–H and O–H groups in total. The number of methoxy groups -OCH3 is 1. The lowest BCUT2D eigenvalue weighted by atomic mass is 10.1. The van der Waals surface area contributed by atoms with Crippen LogP contribution in [0.1, 0.15) is 27.0 Å². The third kappa shape index (κ3) is 4.75. The molecule has 0 aliphatic carbocycles. The summed E-state index contributed by atoms with van der Waals surface area (Å²) in [5.41, 5.74) is 4.44. The second-order valence-electron chi connectivity index (χ2n) is 7.43. The van der Waals surface area contributed by atoms with Gasteiger partial charge in [0.25, 0.3) is 5.91 Å². The Balaban J connectivity index is 1.55. The number of fused-ring (bicyclic) bond motifs is 1. The minimum absolute atomic E-state index is 0.0468. The van der Waals surface area contributed by atoms with Crippen LogP contribution >= 0.6 is 11.8 Å². The molecule has 6 heteroatoms. The summed E-state index contributed by atoms with van der Waals surface area (Å²) >= 11 is 1.51. The van der Waals surface area contributed by atoms with E-state index in [-0.39, 0.29) is 11.8 Å². The molecule has 5 nitrogen and oxygen atoms in total. The van der Waals surface area contributed by atoms with Crippen molar-refractivity contribution in [2.45, 2.75) is 24.9 Å². The van der Waals surface area contributed by atoms with Crippen LogP contribution in [0.3, 0.4) is 0 Å². The number of para-hydroxylation sites is 1. The molecule has 1 heterocycles. The molecule has 1 aliphatic rings. The van der Waals surface area contributed by atoms with Gasteiger partial charge in [-0.3, -0.25) is 9.59 Å². The zero-order valence-corrected chi connectivity index (χ0v) is 18.4. The van der Waals surface area contributed by atoms with Gasteiger partial charge in [0.05, 0.1) is 25.1 Å². The Labute approximate surface area is 186 Å². The molecule has 1 aliphatic heterocycles. The summed E-state index contributed by atoms with van der Waals surface area (Å²) in [7, 11) is 1.61. The number of nitrogens with zero attached hydrogens (tertiary/aromatic N) is 1. The first-order chi connectivity index (χ1) is 15.0. The maximum atomic E-state index is 12.8. The van der Waals surface area contributed by atoms with Crippen LogP contribution in [0.4, 0.5) is 5.69 Å². The number of carbonyl (C=O) groups is 2. The number of nitrogens with one attached hydrogen (secondary N) is 1. The Morgan fingerprint density at radius 1 is 1.10 bits per heavy atom. The highest BCUT2D eigenvalue weighted by Crippen LogP contribution is 2.37. The van der Waals surface area contributed by atoms with Gasteiger partial charge in [0.1, 0.15) is 5.75 Å². The average Bonchev–Trinajstić information content (AvgIpc) is 2.79. The molecule has 0 bridgehead atoms. The fraction of sp³-hybridized carbons (Fsp3) is 0.200. The second-order valence-corrected chi connectivity index (χ2v) is 8.45. The topological polar surface area (TPSA) is 58.6 Å². The van der Waals surface area contributed by atoms with Crippen LogP contribution < -0.4 is 15.0 Å². The van der Waals surface area contributed by atoms with Gasteiger partial charge in [-0.2, -0.15) is 0 Å². The molecule has 31 heavy (non-hydrogen) atoms. The molecule has 0 atom stereocenters. The Morgan fingerprint density at radius 2 is 1.94 bits per heavy atom. The molecule has 0 spiro atoms. The van der Waals surface area contributed by atoms with E-state index in [1.54, 1.807) is 12.0 Å². The van der Waals surface area contributed by atoms with Gasteiger partial charge in [-0.1, -0.05) is 48.0 Å².